The van der Waals surface area contributed by atoms with Crippen LogP contribution in [-0.4, -0.2) is 15.7 Å². The van der Waals surface area contributed by atoms with Crippen LogP contribution in [0, 0.1) is 0 Å². The molecule has 1 aliphatic rings. The van der Waals surface area contributed by atoms with Crippen molar-refractivity contribution in [2.24, 2.45) is 0 Å². The van der Waals surface area contributed by atoms with Crippen LogP contribution in [0.3, 0.4) is 0 Å². The molecule has 0 spiro atoms. The summed E-state index contributed by atoms with van der Waals surface area (Å²) in [6.07, 6.45) is 3.23. The summed E-state index contributed by atoms with van der Waals surface area (Å²) in [5.74, 6) is 0.175. The molecule has 16 heavy (non-hydrogen) atoms. The van der Waals surface area contributed by atoms with Crippen LogP contribution in [-0.2, 0) is 13.0 Å². The zero-order valence-electron chi connectivity index (χ0n) is 9.04. The van der Waals surface area contributed by atoms with Gasteiger partial charge in [0.1, 0.15) is 0 Å². The smallest absolute Gasteiger partial charge is 0.250 e. The van der Waals surface area contributed by atoms with Gasteiger partial charge in [-0.3, -0.25) is 9.59 Å². The molecule has 0 N–H and O–H groups in total. The van der Waals surface area contributed by atoms with Gasteiger partial charge in [-0.05, 0) is 25.3 Å². The van der Waals surface area contributed by atoms with Crippen molar-refractivity contribution in [1.82, 2.24) is 4.57 Å². The summed E-state index contributed by atoms with van der Waals surface area (Å²) in [5, 5.41) is 0.872. The van der Waals surface area contributed by atoms with Crippen LogP contribution >= 0.6 is 15.9 Å². The zero-order chi connectivity index (χ0) is 11.5. The van der Waals surface area contributed by atoms with E-state index in [4.69, 9.17) is 0 Å². The molecule has 0 fully saturated rings. The number of ketones is 1. The van der Waals surface area contributed by atoms with Crippen molar-refractivity contribution >= 4 is 21.7 Å². The van der Waals surface area contributed by atoms with Gasteiger partial charge < -0.3 is 4.57 Å². The molecule has 0 amide bonds. The fourth-order valence-corrected chi connectivity index (χ4v) is 2.41. The second-order valence-corrected chi connectivity index (χ2v) is 4.80. The van der Waals surface area contributed by atoms with E-state index in [2.05, 4.69) is 15.9 Å². The van der Waals surface area contributed by atoms with Crippen LogP contribution in [0.2, 0.25) is 0 Å². The molecule has 1 aliphatic carbocycles. The maximum absolute atomic E-state index is 11.7. The molecule has 0 atom stereocenters. The monoisotopic (exact) mass is 283 g/mol. The lowest BCUT2D eigenvalue weighted by molar-refractivity contribution is 0.0970. The van der Waals surface area contributed by atoms with Gasteiger partial charge in [0, 0.05) is 35.6 Å². The van der Waals surface area contributed by atoms with E-state index in [-0.39, 0.29) is 11.3 Å². The Kier molecular flexibility index (Phi) is 3.59. The van der Waals surface area contributed by atoms with Crippen LogP contribution in [0.4, 0.5) is 0 Å². The minimum Gasteiger partial charge on any atom is -0.312 e. The Morgan fingerprint density at radius 2 is 2.06 bits per heavy atom. The SMILES string of the molecule is O=C1CCCc2c1ccc(=O)n2CCCBr. The average molecular weight is 284 g/mol. The molecule has 1 heterocycles. The van der Waals surface area contributed by atoms with Gasteiger partial charge in [0.05, 0.1) is 0 Å². The van der Waals surface area contributed by atoms with Gasteiger partial charge in [-0.25, -0.2) is 0 Å². The first kappa shape index (κ1) is 11.6. The largest absolute Gasteiger partial charge is 0.312 e. The van der Waals surface area contributed by atoms with Crippen molar-refractivity contribution in [2.75, 3.05) is 5.33 Å². The van der Waals surface area contributed by atoms with E-state index in [1.165, 1.54) is 6.07 Å². The van der Waals surface area contributed by atoms with E-state index in [0.717, 1.165) is 35.8 Å². The number of Topliss-reactive ketones (excluding diaryl/α,β-unsaturated/α-hetero) is 1. The Bertz CT molecular complexity index is 465. The van der Waals surface area contributed by atoms with E-state index in [9.17, 15) is 9.59 Å². The second-order valence-electron chi connectivity index (χ2n) is 4.00. The number of carbonyl (C=O) groups is 1. The highest BCUT2D eigenvalue weighted by Gasteiger charge is 2.20. The number of rotatable bonds is 3. The fraction of sp³-hybridized carbons (Fsp3) is 0.500. The van der Waals surface area contributed by atoms with Gasteiger partial charge in [-0.1, -0.05) is 15.9 Å². The number of carbonyl (C=O) groups excluding carboxylic acids is 1. The summed E-state index contributed by atoms with van der Waals surface area (Å²) in [4.78, 5) is 23.4. The summed E-state index contributed by atoms with van der Waals surface area (Å²) < 4.78 is 1.76. The van der Waals surface area contributed by atoms with Crippen molar-refractivity contribution in [2.45, 2.75) is 32.2 Å². The van der Waals surface area contributed by atoms with Crippen LogP contribution in [0.5, 0.6) is 0 Å². The predicted octanol–water partition coefficient (Wildman–Crippen LogP) is 2.15. The first-order chi connectivity index (χ1) is 7.74. The molecule has 3 nitrogen and oxygen atoms in total. The van der Waals surface area contributed by atoms with Crippen molar-refractivity contribution in [3.05, 3.63) is 33.7 Å². The third kappa shape index (κ3) is 2.12. The van der Waals surface area contributed by atoms with Gasteiger partial charge in [-0.2, -0.15) is 0 Å². The van der Waals surface area contributed by atoms with Crippen molar-refractivity contribution < 1.29 is 4.79 Å². The molecule has 1 aromatic heterocycles. The third-order valence-corrected chi connectivity index (χ3v) is 3.49. The molecular weight excluding hydrogens is 270 g/mol. The van der Waals surface area contributed by atoms with Crippen molar-refractivity contribution in [3.63, 3.8) is 0 Å². The van der Waals surface area contributed by atoms with Gasteiger partial charge in [0.25, 0.3) is 5.56 Å². The molecule has 0 unspecified atom stereocenters. The summed E-state index contributed by atoms with van der Waals surface area (Å²) in [7, 11) is 0. The van der Waals surface area contributed by atoms with Gasteiger partial charge in [-0.15, -0.1) is 0 Å². The number of hydrogen-bond acceptors (Lipinski definition) is 2. The number of halogens is 1. The molecule has 0 radical (unpaired) electrons. The molecule has 0 aliphatic heterocycles. The van der Waals surface area contributed by atoms with E-state index < -0.39 is 0 Å². The predicted molar refractivity (Wildman–Crippen MR) is 66.4 cm³/mol. The van der Waals surface area contributed by atoms with Crippen LogP contribution in [0.1, 0.15) is 35.3 Å². The lowest BCUT2D eigenvalue weighted by atomic mass is 9.94. The number of nitrogens with zero attached hydrogens (tertiary/aromatic N) is 1. The van der Waals surface area contributed by atoms with Crippen molar-refractivity contribution in [3.8, 4) is 0 Å². The molecule has 0 aromatic carbocycles. The quantitative estimate of drug-likeness (QED) is 0.798. The van der Waals surface area contributed by atoms with Gasteiger partial charge in [0.2, 0.25) is 0 Å². The Balaban J connectivity index is 2.46. The molecular formula is C12H14BrNO2. The number of hydrogen-bond donors (Lipinski definition) is 0. The average Bonchev–Trinajstić information content (AvgIpc) is 2.28. The number of alkyl halides is 1. The first-order valence-electron chi connectivity index (χ1n) is 5.56. The molecule has 2 rings (SSSR count). The zero-order valence-corrected chi connectivity index (χ0v) is 10.6. The molecule has 0 bridgehead atoms. The van der Waals surface area contributed by atoms with Gasteiger partial charge in [0.15, 0.2) is 5.78 Å². The van der Waals surface area contributed by atoms with E-state index >= 15 is 0 Å². The maximum Gasteiger partial charge on any atom is 0.250 e. The molecule has 4 heteroatoms. The Hall–Kier alpha value is -0.900. The Morgan fingerprint density at radius 1 is 1.25 bits per heavy atom. The highest BCUT2D eigenvalue weighted by Crippen LogP contribution is 2.19. The van der Waals surface area contributed by atoms with Crippen LogP contribution in [0.15, 0.2) is 16.9 Å². The molecule has 0 saturated carbocycles. The molecule has 1 aromatic rings. The highest BCUT2D eigenvalue weighted by atomic mass is 79.9. The summed E-state index contributed by atoms with van der Waals surface area (Å²) >= 11 is 3.36. The first-order valence-corrected chi connectivity index (χ1v) is 6.68. The lowest BCUT2D eigenvalue weighted by Crippen LogP contribution is -2.28. The number of aromatic nitrogens is 1. The third-order valence-electron chi connectivity index (χ3n) is 2.93. The standard InChI is InChI=1S/C12H14BrNO2/c13-7-2-8-14-10-3-1-4-11(15)9(10)5-6-12(14)16/h5-6H,1-4,7-8H2. The van der Waals surface area contributed by atoms with Crippen LogP contribution < -0.4 is 5.56 Å². The Morgan fingerprint density at radius 3 is 2.81 bits per heavy atom. The summed E-state index contributed by atoms with van der Waals surface area (Å²) in [5.41, 5.74) is 1.69. The van der Waals surface area contributed by atoms with E-state index in [0.29, 0.717) is 13.0 Å². The Labute approximate surface area is 103 Å². The molecule has 0 saturated heterocycles. The van der Waals surface area contributed by atoms with E-state index in [1.54, 1.807) is 10.6 Å². The van der Waals surface area contributed by atoms with Gasteiger partial charge >= 0.3 is 0 Å². The normalized spacial score (nSPS) is 14.9. The minimum absolute atomic E-state index is 0.00870. The maximum atomic E-state index is 11.7. The van der Waals surface area contributed by atoms with Crippen molar-refractivity contribution in [1.29, 1.82) is 0 Å². The molecule has 86 valence electrons. The number of pyridine rings is 1. The lowest BCUT2D eigenvalue weighted by Gasteiger charge is -2.19. The summed E-state index contributed by atoms with van der Waals surface area (Å²) in [6, 6.07) is 3.19. The second kappa shape index (κ2) is 4.95. The number of fused-ring (bicyclic) bond motifs is 1. The highest BCUT2D eigenvalue weighted by molar-refractivity contribution is 9.09. The van der Waals surface area contributed by atoms with Crippen LogP contribution in [0.25, 0.3) is 0 Å². The van der Waals surface area contributed by atoms with E-state index in [1.807, 2.05) is 0 Å². The topological polar surface area (TPSA) is 39.1 Å². The fourth-order valence-electron chi connectivity index (χ4n) is 2.16. The summed E-state index contributed by atoms with van der Waals surface area (Å²) in [6.45, 7) is 0.695. The minimum atomic E-state index is 0.00870.